The first-order valence-corrected chi connectivity index (χ1v) is 9.96. The van der Waals surface area contributed by atoms with Crippen molar-refractivity contribution in [1.82, 2.24) is 14.5 Å². The van der Waals surface area contributed by atoms with Gasteiger partial charge in [-0.05, 0) is 76.2 Å². The van der Waals surface area contributed by atoms with Crippen LogP contribution >= 0.6 is 11.8 Å². The highest BCUT2D eigenvalue weighted by Gasteiger charge is 2.37. The zero-order valence-corrected chi connectivity index (χ0v) is 17.9. The number of esters is 1. The molecule has 0 radical (unpaired) electrons. The number of hydrogen-bond acceptors (Lipinski definition) is 6. The summed E-state index contributed by atoms with van der Waals surface area (Å²) in [6.45, 7) is 8.68. The molecule has 1 aliphatic heterocycles. The van der Waals surface area contributed by atoms with E-state index in [1.54, 1.807) is 33.0 Å². The van der Waals surface area contributed by atoms with Crippen LogP contribution in [0.1, 0.15) is 37.7 Å². The van der Waals surface area contributed by atoms with E-state index < -0.39 is 29.3 Å². The van der Waals surface area contributed by atoms with Gasteiger partial charge in [-0.25, -0.2) is 4.98 Å². The summed E-state index contributed by atoms with van der Waals surface area (Å²) in [7, 11) is 0. The summed E-state index contributed by atoms with van der Waals surface area (Å²) in [6.07, 6.45) is 3.40. The highest BCUT2D eigenvalue weighted by atomic mass is 32.2. The molecule has 0 atom stereocenters. The third-order valence-corrected chi connectivity index (χ3v) is 5.12. The summed E-state index contributed by atoms with van der Waals surface area (Å²) in [5.74, 6) is -0.331. The molecule has 0 bridgehead atoms. The van der Waals surface area contributed by atoms with Crippen molar-refractivity contribution in [2.45, 2.75) is 40.2 Å². The summed E-state index contributed by atoms with van der Waals surface area (Å²) in [5.41, 5.74) is 1.99. The molecule has 0 aliphatic carbocycles. The van der Waals surface area contributed by atoms with Crippen molar-refractivity contribution in [1.29, 1.82) is 0 Å². The average molecular weight is 413 g/mol. The maximum atomic E-state index is 12.7. The highest BCUT2D eigenvalue weighted by molar-refractivity contribution is 8.18. The van der Waals surface area contributed by atoms with Crippen LogP contribution in [0.15, 0.2) is 35.4 Å². The molecule has 152 valence electrons. The first kappa shape index (κ1) is 20.9. The van der Waals surface area contributed by atoms with Gasteiger partial charge in [-0.3, -0.25) is 19.3 Å². The van der Waals surface area contributed by atoms with Crippen molar-refractivity contribution >= 4 is 35.0 Å². The zero-order chi connectivity index (χ0) is 21.3. The Bertz CT molecular complexity index is 1000. The second kappa shape index (κ2) is 7.87. The molecule has 1 saturated heterocycles. The van der Waals surface area contributed by atoms with Crippen LogP contribution < -0.4 is 0 Å². The van der Waals surface area contributed by atoms with Gasteiger partial charge in [-0.1, -0.05) is 6.07 Å². The number of nitrogens with zero attached hydrogens (tertiary/aromatic N) is 3. The minimum Gasteiger partial charge on any atom is -0.459 e. The molecule has 0 N–H and O–H groups in total. The number of imide groups is 1. The van der Waals surface area contributed by atoms with Crippen LogP contribution in [0.2, 0.25) is 0 Å². The lowest BCUT2D eigenvalue weighted by molar-refractivity contribution is -0.156. The van der Waals surface area contributed by atoms with Crippen LogP contribution in [0.5, 0.6) is 0 Å². The van der Waals surface area contributed by atoms with E-state index in [9.17, 15) is 14.4 Å². The summed E-state index contributed by atoms with van der Waals surface area (Å²) in [4.78, 5) is 42.5. The first-order valence-electron chi connectivity index (χ1n) is 9.14. The maximum absolute atomic E-state index is 12.7. The minimum absolute atomic E-state index is 0.278. The lowest BCUT2D eigenvalue weighted by Crippen LogP contribution is -2.37. The van der Waals surface area contributed by atoms with Gasteiger partial charge in [0.2, 0.25) is 0 Å². The Morgan fingerprint density at radius 2 is 1.97 bits per heavy atom. The minimum atomic E-state index is -0.683. The van der Waals surface area contributed by atoms with E-state index in [2.05, 4.69) is 4.98 Å². The van der Waals surface area contributed by atoms with Gasteiger partial charge in [0.05, 0.1) is 4.91 Å². The van der Waals surface area contributed by atoms with E-state index in [0.29, 0.717) is 0 Å². The van der Waals surface area contributed by atoms with Gasteiger partial charge in [0.15, 0.2) is 0 Å². The van der Waals surface area contributed by atoms with Crippen LogP contribution in [0.25, 0.3) is 11.9 Å². The van der Waals surface area contributed by atoms with Gasteiger partial charge in [0.1, 0.15) is 18.0 Å². The van der Waals surface area contributed by atoms with Crippen LogP contribution in [-0.2, 0) is 14.3 Å². The van der Waals surface area contributed by atoms with Crippen LogP contribution in [0.4, 0.5) is 4.79 Å². The Morgan fingerprint density at radius 3 is 2.59 bits per heavy atom. The summed E-state index contributed by atoms with van der Waals surface area (Å²) in [6, 6.07) is 7.59. The smallest absolute Gasteiger partial charge is 0.326 e. The fraction of sp³-hybridized carbons (Fsp3) is 0.333. The monoisotopic (exact) mass is 413 g/mol. The number of pyridine rings is 1. The molecule has 1 fully saturated rings. The normalized spacial score (nSPS) is 16.0. The Balaban J connectivity index is 1.84. The predicted molar refractivity (Wildman–Crippen MR) is 112 cm³/mol. The number of rotatable bonds is 4. The van der Waals surface area contributed by atoms with Crippen molar-refractivity contribution in [2.24, 2.45) is 0 Å². The molecule has 0 spiro atoms. The molecule has 0 aromatic carbocycles. The predicted octanol–water partition coefficient (Wildman–Crippen LogP) is 3.87. The molecule has 2 aromatic rings. The summed E-state index contributed by atoms with van der Waals surface area (Å²) < 4.78 is 7.20. The Kier molecular flexibility index (Phi) is 5.66. The highest BCUT2D eigenvalue weighted by Crippen LogP contribution is 2.33. The fourth-order valence-corrected chi connectivity index (χ4v) is 3.88. The van der Waals surface area contributed by atoms with Crippen molar-refractivity contribution in [2.75, 3.05) is 6.54 Å². The van der Waals surface area contributed by atoms with E-state index in [-0.39, 0.29) is 4.91 Å². The SMILES string of the molecule is Cc1cc(/C=C2\SC(=O)N(CC(=O)OC(C)(C)C)C2=O)c(C)n1-c1ccccn1. The number of ether oxygens (including phenoxy) is 1. The third-order valence-electron chi connectivity index (χ3n) is 4.22. The van der Waals surface area contributed by atoms with Gasteiger partial charge in [0, 0.05) is 17.6 Å². The molecule has 8 heteroatoms. The number of aryl methyl sites for hydroxylation is 1. The van der Waals surface area contributed by atoms with Gasteiger partial charge in [-0.15, -0.1) is 0 Å². The van der Waals surface area contributed by atoms with Crippen molar-refractivity contribution < 1.29 is 19.1 Å². The molecular weight excluding hydrogens is 390 g/mol. The van der Waals surface area contributed by atoms with Gasteiger partial charge >= 0.3 is 5.97 Å². The maximum Gasteiger partial charge on any atom is 0.326 e. The van der Waals surface area contributed by atoms with E-state index >= 15 is 0 Å². The molecule has 3 heterocycles. The number of thioether (sulfide) groups is 1. The second-order valence-electron chi connectivity index (χ2n) is 7.70. The number of aromatic nitrogens is 2. The topological polar surface area (TPSA) is 81.5 Å². The van der Waals surface area contributed by atoms with Crippen molar-refractivity contribution in [3.05, 3.63) is 52.3 Å². The molecule has 1 aliphatic rings. The number of carbonyl (C=O) groups is 3. The molecule has 7 nitrogen and oxygen atoms in total. The standard InChI is InChI=1S/C21H23N3O4S/c1-13-10-15(14(2)24(13)17-8-6-7-9-22-17)11-16-19(26)23(20(27)29-16)12-18(25)28-21(3,4)5/h6-11H,12H2,1-5H3/b16-11-. The molecule has 3 rings (SSSR count). The van der Waals surface area contributed by atoms with Crippen LogP contribution in [-0.4, -0.2) is 43.7 Å². The largest absolute Gasteiger partial charge is 0.459 e. The van der Waals surface area contributed by atoms with E-state index in [1.807, 2.05) is 42.7 Å². The third kappa shape index (κ3) is 4.59. The molecule has 2 amide bonds. The number of amides is 2. The van der Waals surface area contributed by atoms with Crippen LogP contribution in [0.3, 0.4) is 0 Å². The van der Waals surface area contributed by atoms with Crippen molar-refractivity contribution in [3.8, 4) is 5.82 Å². The molecule has 0 saturated carbocycles. The van der Waals surface area contributed by atoms with E-state index in [0.717, 1.165) is 39.4 Å². The molecular formula is C21H23N3O4S. The molecule has 0 unspecified atom stereocenters. The van der Waals surface area contributed by atoms with Crippen molar-refractivity contribution in [3.63, 3.8) is 0 Å². The second-order valence-corrected chi connectivity index (χ2v) is 8.70. The van der Waals surface area contributed by atoms with Gasteiger partial charge < -0.3 is 9.30 Å². The Hall–Kier alpha value is -2.87. The lowest BCUT2D eigenvalue weighted by Gasteiger charge is -2.21. The summed E-state index contributed by atoms with van der Waals surface area (Å²) in [5, 5.41) is -0.481. The van der Waals surface area contributed by atoms with Gasteiger partial charge in [0.25, 0.3) is 11.1 Å². The lowest BCUT2D eigenvalue weighted by atomic mass is 10.2. The number of carbonyl (C=O) groups excluding carboxylic acids is 3. The zero-order valence-electron chi connectivity index (χ0n) is 17.1. The Morgan fingerprint density at radius 1 is 1.24 bits per heavy atom. The number of hydrogen-bond donors (Lipinski definition) is 0. The van der Waals surface area contributed by atoms with E-state index in [4.69, 9.17) is 4.74 Å². The Labute approximate surface area is 173 Å². The quantitative estimate of drug-likeness (QED) is 0.559. The average Bonchev–Trinajstić information content (AvgIpc) is 3.04. The summed E-state index contributed by atoms with van der Waals surface area (Å²) >= 11 is 0.822. The molecule has 2 aromatic heterocycles. The fourth-order valence-electron chi connectivity index (χ4n) is 3.05. The first-order chi connectivity index (χ1) is 13.6. The molecule has 29 heavy (non-hydrogen) atoms. The van der Waals surface area contributed by atoms with E-state index in [1.165, 1.54) is 0 Å². The van der Waals surface area contributed by atoms with Gasteiger partial charge in [-0.2, -0.15) is 0 Å². The van der Waals surface area contributed by atoms with Crippen LogP contribution in [0, 0.1) is 13.8 Å².